The molecule has 1 aliphatic carbocycles. The number of amides is 2. The molecule has 1 saturated heterocycles. The fourth-order valence-corrected chi connectivity index (χ4v) is 3.32. The predicted octanol–water partition coefficient (Wildman–Crippen LogP) is 0.940. The first-order chi connectivity index (χ1) is 9.70. The summed E-state index contributed by atoms with van der Waals surface area (Å²) < 4.78 is 0. The third-order valence-corrected chi connectivity index (χ3v) is 4.46. The largest absolute Gasteiger partial charge is 0.355 e. The van der Waals surface area contributed by atoms with Crippen LogP contribution >= 0.6 is 0 Å². The fraction of sp³-hybridized carbons (Fsp3) is 0.867. The maximum atomic E-state index is 12.1. The zero-order valence-electron chi connectivity index (χ0n) is 12.4. The second-order valence-electron chi connectivity index (χ2n) is 6.02. The van der Waals surface area contributed by atoms with E-state index in [9.17, 15) is 9.59 Å². The van der Waals surface area contributed by atoms with E-state index in [0.29, 0.717) is 12.6 Å². The van der Waals surface area contributed by atoms with E-state index >= 15 is 0 Å². The second kappa shape index (κ2) is 7.62. The summed E-state index contributed by atoms with van der Waals surface area (Å²) in [6, 6.07) is 0.385. The highest BCUT2D eigenvalue weighted by atomic mass is 16.2. The molecule has 5 nitrogen and oxygen atoms in total. The summed E-state index contributed by atoms with van der Waals surface area (Å²) in [5.74, 6) is 0.618. The Hall–Kier alpha value is -1.10. The number of hydrogen-bond acceptors (Lipinski definition) is 3. The lowest BCUT2D eigenvalue weighted by Crippen LogP contribution is -2.55. The van der Waals surface area contributed by atoms with Crippen LogP contribution in [0.4, 0.5) is 0 Å². The molecule has 0 spiro atoms. The lowest BCUT2D eigenvalue weighted by Gasteiger charge is -2.39. The lowest BCUT2D eigenvalue weighted by atomic mass is 9.77. The molecule has 0 radical (unpaired) electrons. The van der Waals surface area contributed by atoms with Crippen molar-refractivity contribution in [2.45, 2.75) is 64.0 Å². The number of hydrogen-bond donors (Lipinski definition) is 3. The molecule has 1 saturated carbocycles. The van der Waals surface area contributed by atoms with Crippen molar-refractivity contribution in [3.63, 3.8) is 0 Å². The SMILES string of the molecule is CCCNC(=O)CNC(=O)C1CCC2CCCCC2N1. The predicted molar refractivity (Wildman–Crippen MR) is 78.2 cm³/mol. The molecule has 3 N–H and O–H groups in total. The third-order valence-electron chi connectivity index (χ3n) is 4.46. The molecule has 114 valence electrons. The minimum atomic E-state index is -0.117. The van der Waals surface area contributed by atoms with Crippen LogP contribution in [0.25, 0.3) is 0 Å². The van der Waals surface area contributed by atoms with E-state index in [2.05, 4.69) is 16.0 Å². The summed E-state index contributed by atoms with van der Waals surface area (Å²) in [7, 11) is 0. The second-order valence-corrected chi connectivity index (χ2v) is 6.02. The molecule has 5 heteroatoms. The molecule has 0 aromatic heterocycles. The summed E-state index contributed by atoms with van der Waals surface area (Å²) >= 11 is 0. The van der Waals surface area contributed by atoms with Crippen LogP contribution in [-0.2, 0) is 9.59 Å². The Kier molecular flexibility index (Phi) is 5.83. The van der Waals surface area contributed by atoms with E-state index in [1.54, 1.807) is 0 Å². The zero-order valence-corrected chi connectivity index (χ0v) is 12.4. The highest BCUT2D eigenvalue weighted by molar-refractivity contribution is 5.87. The fourth-order valence-electron chi connectivity index (χ4n) is 3.32. The number of carbonyl (C=O) groups excluding carboxylic acids is 2. The Labute approximate surface area is 121 Å². The van der Waals surface area contributed by atoms with Crippen molar-refractivity contribution in [3.8, 4) is 0 Å². The highest BCUT2D eigenvalue weighted by Crippen LogP contribution is 2.32. The van der Waals surface area contributed by atoms with E-state index in [1.807, 2.05) is 6.92 Å². The summed E-state index contributed by atoms with van der Waals surface area (Å²) in [5, 5.41) is 8.98. The lowest BCUT2D eigenvalue weighted by molar-refractivity contribution is -0.128. The van der Waals surface area contributed by atoms with E-state index in [1.165, 1.54) is 25.7 Å². The molecule has 2 aliphatic rings. The molecular weight excluding hydrogens is 254 g/mol. The Morgan fingerprint density at radius 1 is 1.10 bits per heavy atom. The first kappa shape index (κ1) is 15.3. The molecule has 2 fully saturated rings. The van der Waals surface area contributed by atoms with E-state index in [0.717, 1.165) is 25.2 Å². The van der Waals surface area contributed by atoms with E-state index in [4.69, 9.17) is 0 Å². The van der Waals surface area contributed by atoms with Crippen LogP contribution in [-0.4, -0.2) is 37.0 Å². The average molecular weight is 281 g/mol. The zero-order chi connectivity index (χ0) is 14.4. The molecule has 0 aromatic rings. The number of piperidine rings is 1. The Bertz CT molecular complexity index is 346. The van der Waals surface area contributed by atoms with Crippen LogP contribution in [0.15, 0.2) is 0 Å². The van der Waals surface area contributed by atoms with Crippen molar-refractivity contribution >= 4 is 11.8 Å². The Morgan fingerprint density at radius 2 is 1.90 bits per heavy atom. The molecule has 2 amide bonds. The van der Waals surface area contributed by atoms with Gasteiger partial charge in [-0.05, 0) is 38.0 Å². The monoisotopic (exact) mass is 281 g/mol. The van der Waals surface area contributed by atoms with Crippen molar-refractivity contribution in [1.29, 1.82) is 0 Å². The standard InChI is InChI=1S/C15H27N3O2/c1-2-9-16-14(19)10-17-15(20)13-8-7-11-5-3-4-6-12(11)18-13/h11-13,18H,2-10H2,1H3,(H,16,19)(H,17,20). The van der Waals surface area contributed by atoms with Crippen LogP contribution in [0.3, 0.4) is 0 Å². The van der Waals surface area contributed by atoms with Gasteiger partial charge in [0.25, 0.3) is 0 Å². The average Bonchev–Trinajstić information content (AvgIpc) is 2.50. The van der Waals surface area contributed by atoms with Crippen molar-refractivity contribution < 1.29 is 9.59 Å². The molecule has 20 heavy (non-hydrogen) atoms. The van der Waals surface area contributed by atoms with Gasteiger partial charge in [-0.2, -0.15) is 0 Å². The van der Waals surface area contributed by atoms with E-state index < -0.39 is 0 Å². The summed E-state index contributed by atoms with van der Waals surface area (Å²) in [5.41, 5.74) is 0. The molecule has 3 unspecified atom stereocenters. The quantitative estimate of drug-likeness (QED) is 0.702. The topological polar surface area (TPSA) is 70.2 Å². The van der Waals surface area contributed by atoms with Crippen molar-refractivity contribution in [2.24, 2.45) is 5.92 Å². The number of nitrogens with one attached hydrogen (secondary N) is 3. The molecule has 2 rings (SSSR count). The Morgan fingerprint density at radius 3 is 2.70 bits per heavy atom. The van der Waals surface area contributed by atoms with Crippen LogP contribution in [0, 0.1) is 5.92 Å². The van der Waals surface area contributed by atoms with Gasteiger partial charge in [0.05, 0.1) is 12.6 Å². The van der Waals surface area contributed by atoms with Gasteiger partial charge in [0, 0.05) is 12.6 Å². The third kappa shape index (κ3) is 4.20. The molecule has 0 bridgehead atoms. The highest BCUT2D eigenvalue weighted by Gasteiger charge is 2.34. The maximum absolute atomic E-state index is 12.1. The molecule has 1 aliphatic heterocycles. The van der Waals surface area contributed by atoms with Crippen molar-refractivity contribution in [3.05, 3.63) is 0 Å². The van der Waals surface area contributed by atoms with Gasteiger partial charge < -0.3 is 16.0 Å². The molecular formula is C15H27N3O2. The Balaban J connectivity index is 1.71. The van der Waals surface area contributed by atoms with Gasteiger partial charge >= 0.3 is 0 Å². The van der Waals surface area contributed by atoms with E-state index in [-0.39, 0.29) is 24.4 Å². The first-order valence-corrected chi connectivity index (χ1v) is 8.01. The maximum Gasteiger partial charge on any atom is 0.239 e. The van der Waals surface area contributed by atoms with Gasteiger partial charge in [-0.3, -0.25) is 9.59 Å². The van der Waals surface area contributed by atoms with Crippen LogP contribution in [0.2, 0.25) is 0 Å². The van der Waals surface area contributed by atoms with Crippen molar-refractivity contribution in [1.82, 2.24) is 16.0 Å². The summed E-state index contributed by atoms with van der Waals surface area (Å²) in [6.07, 6.45) is 8.02. The molecule has 1 heterocycles. The number of rotatable bonds is 5. The van der Waals surface area contributed by atoms with Gasteiger partial charge in [0.2, 0.25) is 11.8 Å². The first-order valence-electron chi connectivity index (χ1n) is 8.01. The number of fused-ring (bicyclic) bond motifs is 1. The normalized spacial score (nSPS) is 29.4. The van der Waals surface area contributed by atoms with Crippen LogP contribution in [0.1, 0.15) is 51.9 Å². The van der Waals surface area contributed by atoms with Crippen LogP contribution < -0.4 is 16.0 Å². The van der Waals surface area contributed by atoms with Gasteiger partial charge in [0.15, 0.2) is 0 Å². The minimum absolute atomic E-state index is 0.0272. The smallest absolute Gasteiger partial charge is 0.239 e. The van der Waals surface area contributed by atoms with Crippen molar-refractivity contribution in [2.75, 3.05) is 13.1 Å². The molecule has 0 aromatic carbocycles. The van der Waals surface area contributed by atoms with Crippen LogP contribution in [0.5, 0.6) is 0 Å². The number of carbonyl (C=O) groups is 2. The van der Waals surface area contributed by atoms with Gasteiger partial charge in [-0.15, -0.1) is 0 Å². The molecule has 3 atom stereocenters. The van der Waals surface area contributed by atoms with Gasteiger partial charge in [-0.1, -0.05) is 19.8 Å². The van der Waals surface area contributed by atoms with Gasteiger partial charge in [0.1, 0.15) is 0 Å². The van der Waals surface area contributed by atoms with Gasteiger partial charge in [-0.25, -0.2) is 0 Å². The summed E-state index contributed by atoms with van der Waals surface area (Å²) in [6.45, 7) is 2.76. The minimum Gasteiger partial charge on any atom is -0.355 e. The summed E-state index contributed by atoms with van der Waals surface area (Å²) in [4.78, 5) is 23.6.